The van der Waals surface area contributed by atoms with Gasteiger partial charge < -0.3 is 5.32 Å². The molecule has 0 aromatic heterocycles. The standard InChI is InChI=1S/C18H28N2S/c1-14(2)17(20-10-5-6-11-20)13-19-16-9-12-21-18-8-4-3-7-15(16)18/h3-4,7-8,14,16-17,19H,5-6,9-13H2,1-2H3. The van der Waals surface area contributed by atoms with E-state index in [0.29, 0.717) is 12.1 Å². The molecule has 0 bridgehead atoms. The number of rotatable bonds is 5. The molecule has 1 N–H and O–H groups in total. The van der Waals surface area contributed by atoms with Crippen LogP contribution in [0.1, 0.15) is 44.7 Å². The molecule has 3 rings (SSSR count). The highest BCUT2D eigenvalue weighted by molar-refractivity contribution is 7.99. The molecule has 21 heavy (non-hydrogen) atoms. The Kier molecular flexibility index (Phi) is 5.25. The van der Waals surface area contributed by atoms with E-state index in [9.17, 15) is 0 Å². The van der Waals surface area contributed by atoms with Crippen LogP contribution in [0, 0.1) is 5.92 Å². The lowest BCUT2D eigenvalue weighted by Crippen LogP contribution is -2.45. The van der Waals surface area contributed by atoms with E-state index in [4.69, 9.17) is 0 Å². The Balaban J connectivity index is 1.64. The van der Waals surface area contributed by atoms with Gasteiger partial charge in [0.15, 0.2) is 0 Å². The van der Waals surface area contributed by atoms with E-state index in [1.807, 2.05) is 11.8 Å². The molecule has 0 amide bonds. The normalized spacial score (nSPS) is 24.2. The van der Waals surface area contributed by atoms with E-state index in [2.05, 4.69) is 48.3 Å². The molecule has 116 valence electrons. The number of nitrogens with zero attached hydrogens (tertiary/aromatic N) is 1. The lowest BCUT2D eigenvalue weighted by Gasteiger charge is -2.34. The molecule has 1 saturated heterocycles. The molecular formula is C18H28N2S. The lowest BCUT2D eigenvalue weighted by molar-refractivity contribution is 0.181. The molecule has 0 spiro atoms. The van der Waals surface area contributed by atoms with E-state index in [1.165, 1.54) is 48.6 Å². The maximum absolute atomic E-state index is 3.88. The Bertz CT molecular complexity index is 454. The SMILES string of the molecule is CC(C)C(CNC1CCSc2ccccc21)N1CCCC1. The minimum absolute atomic E-state index is 0.548. The second-order valence-electron chi connectivity index (χ2n) is 6.69. The minimum Gasteiger partial charge on any atom is -0.308 e. The number of likely N-dealkylation sites (tertiary alicyclic amines) is 1. The average Bonchev–Trinajstić information content (AvgIpc) is 3.01. The van der Waals surface area contributed by atoms with Crippen LogP contribution in [0.25, 0.3) is 0 Å². The zero-order valence-corrected chi connectivity index (χ0v) is 14.2. The van der Waals surface area contributed by atoms with Crippen molar-refractivity contribution in [2.75, 3.05) is 25.4 Å². The summed E-state index contributed by atoms with van der Waals surface area (Å²) in [5.74, 6) is 1.97. The summed E-state index contributed by atoms with van der Waals surface area (Å²) in [6.45, 7) is 8.45. The van der Waals surface area contributed by atoms with E-state index in [-0.39, 0.29) is 0 Å². The van der Waals surface area contributed by atoms with Crippen molar-refractivity contribution in [3.63, 3.8) is 0 Å². The molecule has 3 heteroatoms. The first-order valence-electron chi connectivity index (χ1n) is 8.45. The molecule has 2 aliphatic rings. The van der Waals surface area contributed by atoms with Gasteiger partial charge in [-0.1, -0.05) is 32.0 Å². The summed E-state index contributed by atoms with van der Waals surface area (Å²) < 4.78 is 0. The van der Waals surface area contributed by atoms with Crippen molar-refractivity contribution in [2.24, 2.45) is 5.92 Å². The third-order valence-electron chi connectivity index (χ3n) is 4.91. The minimum atomic E-state index is 0.548. The average molecular weight is 305 g/mol. The summed E-state index contributed by atoms with van der Waals surface area (Å²) in [5, 5.41) is 3.88. The van der Waals surface area contributed by atoms with Crippen LogP contribution in [0.4, 0.5) is 0 Å². The molecule has 2 unspecified atom stereocenters. The predicted molar refractivity (Wildman–Crippen MR) is 92.0 cm³/mol. The molecule has 0 radical (unpaired) electrons. The van der Waals surface area contributed by atoms with Crippen LogP contribution in [0.5, 0.6) is 0 Å². The van der Waals surface area contributed by atoms with Crippen LogP contribution in [0.15, 0.2) is 29.2 Å². The first-order chi connectivity index (χ1) is 10.3. The summed E-state index contributed by atoms with van der Waals surface area (Å²) in [4.78, 5) is 4.17. The van der Waals surface area contributed by atoms with Gasteiger partial charge in [0.2, 0.25) is 0 Å². The third-order valence-corrected chi connectivity index (χ3v) is 6.03. The Morgan fingerprint density at radius 3 is 2.76 bits per heavy atom. The van der Waals surface area contributed by atoms with Crippen molar-refractivity contribution in [3.05, 3.63) is 29.8 Å². The van der Waals surface area contributed by atoms with Gasteiger partial charge in [-0.15, -0.1) is 11.8 Å². The highest BCUT2D eigenvalue weighted by Gasteiger charge is 2.26. The van der Waals surface area contributed by atoms with Crippen molar-refractivity contribution in [3.8, 4) is 0 Å². The number of hydrogen-bond donors (Lipinski definition) is 1. The quantitative estimate of drug-likeness (QED) is 0.887. The molecule has 2 atom stereocenters. The largest absolute Gasteiger partial charge is 0.308 e. The Labute approximate surface area is 133 Å². The fourth-order valence-electron chi connectivity index (χ4n) is 3.68. The number of thioether (sulfide) groups is 1. The summed E-state index contributed by atoms with van der Waals surface area (Å²) in [5.41, 5.74) is 1.51. The molecule has 2 heterocycles. The van der Waals surface area contributed by atoms with Gasteiger partial charge >= 0.3 is 0 Å². The Morgan fingerprint density at radius 2 is 2.00 bits per heavy atom. The third kappa shape index (κ3) is 3.64. The van der Waals surface area contributed by atoms with E-state index in [1.54, 1.807) is 0 Å². The fraction of sp³-hybridized carbons (Fsp3) is 0.667. The monoisotopic (exact) mass is 304 g/mol. The molecule has 1 fully saturated rings. The van der Waals surface area contributed by atoms with Gasteiger partial charge in [0.05, 0.1) is 0 Å². The summed E-state index contributed by atoms with van der Waals surface area (Å²) in [6, 6.07) is 10.2. The molecule has 1 aromatic rings. The highest BCUT2D eigenvalue weighted by atomic mass is 32.2. The van der Waals surface area contributed by atoms with Gasteiger partial charge in [-0.05, 0) is 55.7 Å². The van der Waals surface area contributed by atoms with Crippen LogP contribution < -0.4 is 5.32 Å². The molecule has 2 nitrogen and oxygen atoms in total. The Morgan fingerprint density at radius 1 is 1.24 bits per heavy atom. The van der Waals surface area contributed by atoms with Crippen LogP contribution in [-0.2, 0) is 0 Å². The number of benzene rings is 1. The predicted octanol–water partition coefficient (Wildman–Crippen LogP) is 3.93. The smallest absolute Gasteiger partial charge is 0.0339 e. The van der Waals surface area contributed by atoms with Crippen molar-refractivity contribution in [1.29, 1.82) is 0 Å². The van der Waals surface area contributed by atoms with Crippen LogP contribution in [-0.4, -0.2) is 36.3 Å². The van der Waals surface area contributed by atoms with E-state index >= 15 is 0 Å². The van der Waals surface area contributed by atoms with Gasteiger partial charge in [-0.25, -0.2) is 0 Å². The first kappa shape index (κ1) is 15.4. The summed E-state index contributed by atoms with van der Waals surface area (Å²) >= 11 is 2.01. The number of hydrogen-bond acceptors (Lipinski definition) is 3. The van der Waals surface area contributed by atoms with Crippen molar-refractivity contribution < 1.29 is 0 Å². The van der Waals surface area contributed by atoms with Gasteiger partial charge in [-0.2, -0.15) is 0 Å². The second kappa shape index (κ2) is 7.17. The Hall–Kier alpha value is -0.510. The van der Waals surface area contributed by atoms with Crippen molar-refractivity contribution in [1.82, 2.24) is 10.2 Å². The topological polar surface area (TPSA) is 15.3 Å². The van der Waals surface area contributed by atoms with Crippen LogP contribution in [0.2, 0.25) is 0 Å². The van der Waals surface area contributed by atoms with E-state index in [0.717, 1.165) is 12.5 Å². The molecule has 2 aliphatic heterocycles. The molecular weight excluding hydrogens is 276 g/mol. The van der Waals surface area contributed by atoms with Crippen molar-refractivity contribution >= 4 is 11.8 Å². The lowest BCUT2D eigenvalue weighted by atomic mass is 10.00. The molecule has 0 saturated carbocycles. The van der Waals surface area contributed by atoms with Gasteiger partial charge in [0.25, 0.3) is 0 Å². The van der Waals surface area contributed by atoms with E-state index < -0.39 is 0 Å². The van der Waals surface area contributed by atoms with Crippen LogP contribution >= 0.6 is 11.8 Å². The zero-order valence-electron chi connectivity index (χ0n) is 13.3. The van der Waals surface area contributed by atoms with Gasteiger partial charge in [-0.3, -0.25) is 4.90 Å². The second-order valence-corrected chi connectivity index (χ2v) is 7.83. The number of nitrogens with one attached hydrogen (secondary N) is 1. The molecule has 1 aromatic carbocycles. The maximum atomic E-state index is 3.88. The fourth-order valence-corrected chi connectivity index (χ4v) is 4.80. The summed E-state index contributed by atoms with van der Waals surface area (Å²) in [7, 11) is 0. The summed E-state index contributed by atoms with van der Waals surface area (Å²) in [6.07, 6.45) is 4.02. The highest BCUT2D eigenvalue weighted by Crippen LogP contribution is 2.35. The molecule has 0 aliphatic carbocycles. The van der Waals surface area contributed by atoms with Gasteiger partial charge in [0.1, 0.15) is 0 Å². The zero-order chi connectivity index (χ0) is 14.7. The van der Waals surface area contributed by atoms with Crippen LogP contribution in [0.3, 0.4) is 0 Å². The van der Waals surface area contributed by atoms with Crippen molar-refractivity contribution in [2.45, 2.75) is 50.1 Å². The first-order valence-corrected chi connectivity index (χ1v) is 9.43. The maximum Gasteiger partial charge on any atom is 0.0339 e. The number of fused-ring (bicyclic) bond motifs is 1. The van der Waals surface area contributed by atoms with Gasteiger partial charge in [0, 0.05) is 23.5 Å².